The van der Waals surface area contributed by atoms with Crippen LogP contribution in [0.2, 0.25) is 0 Å². The van der Waals surface area contributed by atoms with Crippen molar-refractivity contribution < 1.29 is 9.21 Å². The smallest absolute Gasteiger partial charge is 0.287 e. The minimum atomic E-state index is -0.221. The summed E-state index contributed by atoms with van der Waals surface area (Å²) in [4.78, 5) is 11.7. The molecule has 1 amide bonds. The van der Waals surface area contributed by atoms with Crippen molar-refractivity contribution in [2.75, 3.05) is 0 Å². The molecular weight excluding hydrogens is 206 g/mol. The highest BCUT2D eigenvalue weighted by Gasteiger charge is 2.14. The van der Waals surface area contributed by atoms with Gasteiger partial charge >= 0.3 is 0 Å². The van der Waals surface area contributed by atoms with E-state index < -0.39 is 0 Å². The van der Waals surface area contributed by atoms with Gasteiger partial charge in [0.05, 0.1) is 18.5 Å². The molecule has 2 aromatic heterocycles. The Bertz CT molecular complexity index is 473. The number of carbonyl (C=O) groups excluding carboxylic acids is 1. The molecule has 0 aromatic carbocycles. The maximum Gasteiger partial charge on any atom is 0.287 e. The largest absolute Gasteiger partial charge is 0.459 e. The number of amides is 1. The average Bonchev–Trinajstić information content (AvgIpc) is 2.87. The third-order valence-corrected chi connectivity index (χ3v) is 2.32. The van der Waals surface area contributed by atoms with Crippen molar-refractivity contribution in [3.63, 3.8) is 0 Å². The summed E-state index contributed by atoms with van der Waals surface area (Å²) >= 11 is 0. The molecule has 0 aliphatic rings. The molecule has 0 bridgehead atoms. The summed E-state index contributed by atoms with van der Waals surface area (Å²) in [6.07, 6.45) is 5.07. The van der Waals surface area contributed by atoms with E-state index in [-0.39, 0.29) is 11.9 Å². The average molecular weight is 219 g/mol. The molecule has 0 aliphatic carbocycles. The third-order valence-electron chi connectivity index (χ3n) is 2.32. The maximum absolute atomic E-state index is 11.7. The van der Waals surface area contributed by atoms with Gasteiger partial charge in [0.25, 0.3) is 5.91 Å². The van der Waals surface area contributed by atoms with Crippen LogP contribution in [0.4, 0.5) is 0 Å². The van der Waals surface area contributed by atoms with Gasteiger partial charge in [-0.2, -0.15) is 5.10 Å². The van der Waals surface area contributed by atoms with Crippen molar-refractivity contribution in [3.05, 3.63) is 42.1 Å². The zero-order valence-electron chi connectivity index (χ0n) is 9.18. The highest BCUT2D eigenvalue weighted by Crippen LogP contribution is 2.11. The topological polar surface area (TPSA) is 60.1 Å². The molecule has 0 saturated heterocycles. The quantitative estimate of drug-likeness (QED) is 0.851. The number of nitrogens with zero attached hydrogens (tertiary/aromatic N) is 2. The van der Waals surface area contributed by atoms with Crippen molar-refractivity contribution in [1.29, 1.82) is 0 Å². The van der Waals surface area contributed by atoms with Gasteiger partial charge in [0.2, 0.25) is 0 Å². The Labute approximate surface area is 93.1 Å². The monoisotopic (exact) mass is 219 g/mol. The van der Waals surface area contributed by atoms with E-state index in [0.717, 1.165) is 5.56 Å². The van der Waals surface area contributed by atoms with Crippen molar-refractivity contribution in [2.24, 2.45) is 7.05 Å². The number of hydrogen-bond donors (Lipinski definition) is 1. The standard InChI is InChI=1S/C11H13N3O2/c1-8(9-6-12-14(2)7-9)13-11(15)10-4-3-5-16-10/h3-8H,1-2H3,(H,13,15)/t8-/m0/s1. The summed E-state index contributed by atoms with van der Waals surface area (Å²) in [5.41, 5.74) is 0.961. The lowest BCUT2D eigenvalue weighted by atomic mass is 10.2. The second-order valence-corrected chi connectivity index (χ2v) is 3.62. The zero-order valence-corrected chi connectivity index (χ0v) is 9.18. The lowest BCUT2D eigenvalue weighted by Gasteiger charge is -2.10. The van der Waals surface area contributed by atoms with Gasteiger partial charge in [0.1, 0.15) is 0 Å². The normalized spacial score (nSPS) is 12.4. The molecule has 2 heterocycles. The number of rotatable bonds is 3. The number of hydrogen-bond acceptors (Lipinski definition) is 3. The van der Waals surface area contributed by atoms with Crippen LogP contribution in [0.5, 0.6) is 0 Å². The Morgan fingerprint density at radius 1 is 1.62 bits per heavy atom. The summed E-state index contributed by atoms with van der Waals surface area (Å²) in [7, 11) is 1.84. The van der Waals surface area contributed by atoms with Gasteiger partial charge < -0.3 is 9.73 Å². The first-order chi connectivity index (χ1) is 7.66. The predicted octanol–water partition coefficient (Wildman–Crippen LogP) is 1.50. The van der Waals surface area contributed by atoms with Crippen LogP contribution in [0, 0.1) is 0 Å². The Hall–Kier alpha value is -2.04. The minimum Gasteiger partial charge on any atom is -0.459 e. The molecule has 0 fully saturated rings. The number of aryl methyl sites for hydroxylation is 1. The number of nitrogens with one attached hydrogen (secondary N) is 1. The highest BCUT2D eigenvalue weighted by molar-refractivity contribution is 5.91. The van der Waals surface area contributed by atoms with Crippen LogP contribution in [0.3, 0.4) is 0 Å². The molecule has 16 heavy (non-hydrogen) atoms. The second-order valence-electron chi connectivity index (χ2n) is 3.62. The van der Waals surface area contributed by atoms with E-state index in [1.165, 1.54) is 6.26 Å². The fourth-order valence-corrected chi connectivity index (χ4v) is 1.42. The van der Waals surface area contributed by atoms with Crippen LogP contribution < -0.4 is 5.32 Å². The Kier molecular flexibility index (Phi) is 2.76. The van der Waals surface area contributed by atoms with Crippen molar-refractivity contribution >= 4 is 5.91 Å². The molecule has 2 aromatic rings. The lowest BCUT2D eigenvalue weighted by molar-refractivity contribution is 0.0912. The van der Waals surface area contributed by atoms with Crippen molar-refractivity contribution in [1.82, 2.24) is 15.1 Å². The molecular formula is C11H13N3O2. The van der Waals surface area contributed by atoms with E-state index >= 15 is 0 Å². The highest BCUT2D eigenvalue weighted by atomic mass is 16.3. The van der Waals surface area contributed by atoms with E-state index in [9.17, 15) is 4.79 Å². The first kappa shape index (κ1) is 10.5. The first-order valence-corrected chi connectivity index (χ1v) is 4.99. The fraction of sp³-hybridized carbons (Fsp3) is 0.273. The molecule has 84 valence electrons. The third kappa shape index (κ3) is 2.13. The predicted molar refractivity (Wildman–Crippen MR) is 57.8 cm³/mol. The number of furan rings is 1. The molecule has 1 N–H and O–H groups in total. The number of aromatic nitrogens is 2. The van der Waals surface area contributed by atoms with Crippen molar-refractivity contribution in [2.45, 2.75) is 13.0 Å². The number of carbonyl (C=O) groups is 1. The molecule has 0 spiro atoms. The van der Waals surface area contributed by atoms with Gasteiger partial charge in [-0.25, -0.2) is 0 Å². The molecule has 5 nitrogen and oxygen atoms in total. The van der Waals surface area contributed by atoms with Crippen LogP contribution >= 0.6 is 0 Å². The molecule has 0 unspecified atom stereocenters. The van der Waals surface area contributed by atoms with Crippen LogP contribution in [0.25, 0.3) is 0 Å². The second kappa shape index (κ2) is 4.22. The summed E-state index contributed by atoms with van der Waals surface area (Å²) in [6, 6.07) is 3.22. The van der Waals surface area contributed by atoms with E-state index in [0.29, 0.717) is 5.76 Å². The summed E-state index contributed by atoms with van der Waals surface area (Å²) < 4.78 is 6.70. The SMILES string of the molecule is C[C@H](NC(=O)c1ccco1)c1cnn(C)c1. The van der Waals surface area contributed by atoms with E-state index in [1.807, 2.05) is 20.2 Å². The van der Waals surface area contributed by atoms with E-state index in [2.05, 4.69) is 10.4 Å². The maximum atomic E-state index is 11.7. The summed E-state index contributed by atoms with van der Waals surface area (Å²) in [5.74, 6) is 0.0945. The van der Waals surface area contributed by atoms with Gasteiger partial charge in [-0.05, 0) is 19.1 Å². The summed E-state index contributed by atoms with van der Waals surface area (Å²) in [5, 5.41) is 6.88. The van der Waals surface area contributed by atoms with Gasteiger partial charge in [0, 0.05) is 18.8 Å². The Morgan fingerprint density at radius 2 is 2.44 bits per heavy atom. The van der Waals surface area contributed by atoms with E-state index in [4.69, 9.17) is 4.42 Å². The Balaban J connectivity index is 2.03. The van der Waals surface area contributed by atoms with Gasteiger partial charge in [-0.1, -0.05) is 0 Å². The van der Waals surface area contributed by atoms with E-state index in [1.54, 1.807) is 23.0 Å². The zero-order chi connectivity index (χ0) is 11.5. The molecule has 0 radical (unpaired) electrons. The Morgan fingerprint density at radius 3 is 3.00 bits per heavy atom. The summed E-state index contributed by atoms with van der Waals surface area (Å²) in [6.45, 7) is 1.90. The molecule has 2 rings (SSSR count). The minimum absolute atomic E-state index is 0.0914. The van der Waals surface area contributed by atoms with Crippen LogP contribution in [-0.4, -0.2) is 15.7 Å². The van der Waals surface area contributed by atoms with Crippen LogP contribution in [-0.2, 0) is 7.05 Å². The van der Waals surface area contributed by atoms with Crippen LogP contribution in [0.15, 0.2) is 35.2 Å². The van der Waals surface area contributed by atoms with Gasteiger partial charge in [-0.15, -0.1) is 0 Å². The van der Waals surface area contributed by atoms with Crippen molar-refractivity contribution in [3.8, 4) is 0 Å². The molecule has 5 heteroatoms. The van der Waals surface area contributed by atoms with Crippen LogP contribution in [0.1, 0.15) is 29.1 Å². The fourth-order valence-electron chi connectivity index (χ4n) is 1.42. The molecule has 0 aliphatic heterocycles. The molecule has 1 atom stereocenters. The van der Waals surface area contributed by atoms with Gasteiger partial charge in [0.15, 0.2) is 5.76 Å². The first-order valence-electron chi connectivity index (χ1n) is 4.99. The van der Waals surface area contributed by atoms with Gasteiger partial charge in [-0.3, -0.25) is 9.48 Å². The lowest BCUT2D eigenvalue weighted by Crippen LogP contribution is -2.25. The molecule has 0 saturated carbocycles.